The highest BCUT2D eigenvalue weighted by Gasteiger charge is 2.42. The van der Waals surface area contributed by atoms with Gasteiger partial charge in [0.05, 0.1) is 11.4 Å². The lowest BCUT2D eigenvalue weighted by Gasteiger charge is -2.12. The van der Waals surface area contributed by atoms with Crippen LogP contribution in [0.4, 0.5) is 0 Å². The van der Waals surface area contributed by atoms with E-state index in [4.69, 9.17) is 0 Å². The Labute approximate surface area is 108 Å². The fraction of sp³-hybridized carbons (Fsp3) is 0.727. The SMILES string of the molecule is CCNCc1n[nH]c(C)c1S(=O)(=O)NC1(C)CC1. The van der Waals surface area contributed by atoms with Gasteiger partial charge in [-0.05, 0) is 33.2 Å². The molecule has 2 rings (SSSR count). The van der Waals surface area contributed by atoms with Crippen LogP contribution in [0, 0.1) is 6.92 Å². The van der Waals surface area contributed by atoms with Gasteiger partial charge < -0.3 is 5.32 Å². The van der Waals surface area contributed by atoms with Crippen molar-refractivity contribution in [3.8, 4) is 0 Å². The largest absolute Gasteiger partial charge is 0.311 e. The molecule has 1 aromatic rings. The van der Waals surface area contributed by atoms with Crippen LogP contribution in [0.3, 0.4) is 0 Å². The second kappa shape index (κ2) is 4.64. The number of sulfonamides is 1. The summed E-state index contributed by atoms with van der Waals surface area (Å²) in [6.45, 7) is 6.84. The van der Waals surface area contributed by atoms with Crippen molar-refractivity contribution >= 4 is 10.0 Å². The summed E-state index contributed by atoms with van der Waals surface area (Å²) in [5, 5.41) is 9.91. The molecule has 0 spiro atoms. The Balaban J connectivity index is 2.28. The lowest BCUT2D eigenvalue weighted by atomic mass is 10.3. The van der Waals surface area contributed by atoms with E-state index in [0.29, 0.717) is 17.9 Å². The molecular weight excluding hydrogens is 252 g/mol. The van der Waals surface area contributed by atoms with Gasteiger partial charge in [0, 0.05) is 12.1 Å². The van der Waals surface area contributed by atoms with E-state index < -0.39 is 10.0 Å². The molecule has 0 amide bonds. The first-order valence-electron chi connectivity index (χ1n) is 6.16. The average molecular weight is 272 g/mol. The second-order valence-electron chi connectivity index (χ2n) is 5.07. The van der Waals surface area contributed by atoms with Crippen molar-refractivity contribution < 1.29 is 8.42 Å². The number of H-pyrrole nitrogens is 1. The lowest BCUT2D eigenvalue weighted by molar-refractivity contribution is 0.555. The number of aromatic nitrogens is 2. The molecule has 0 bridgehead atoms. The smallest absolute Gasteiger partial charge is 0.244 e. The molecule has 0 atom stereocenters. The number of nitrogens with one attached hydrogen (secondary N) is 3. The molecule has 1 saturated carbocycles. The van der Waals surface area contributed by atoms with Gasteiger partial charge in [0.25, 0.3) is 0 Å². The molecule has 0 saturated heterocycles. The molecule has 102 valence electrons. The average Bonchev–Trinajstić information content (AvgIpc) is 2.85. The Bertz CT molecular complexity index is 531. The fourth-order valence-electron chi connectivity index (χ4n) is 1.85. The first kappa shape index (κ1) is 13.5. The number of nitrogens with zero attached hydrogens (tertiary/aromatic N) is 1. The molecule has 1 fully saturated rings. The van der Waals surface area contributed by atoms with Gasteiger partial charge in [0.1, 0.15) is 4.90 Å². The lowest BCUT2D eigenvalue weighted by Crippen LogP contribution is -2.35. The third kappa shape index (κ3) is 2.73. The van der Waals surface area contributed by atoms with Crippen LogP contribution in [0.2, 0.25) is 0 Å². The van der Waals surface area contributed by atoms with Crippen LogP contribution in [-0.4, -0.2) is 30.7 Å². The molecule has 3 N–H and O–H groups in total. The minimum atomic E-state index is -3.49. The van der Waals surface area contributed by atoms with E-state index in [1.807, 2.05) is 13.8 Å². The Hall–Kier alpha value is -0.920. The number of rotatable bonds is 6. The summed E-state index contributed by atoms with van der Waals surface area (Å²) in [5.74, 6) is 0. The summed E-state index contributed by atoms with van der Waals surface area (Å²) in [5.41, 5.74) is 0.864. The van der Waals surface area contributed by atoms with Gasteiger partial charge >= 0.3 is 0 Å². The summed E-state index contributed by atoms with van der Waals surface area (Å²) in [7, 11) is -3.49. The van der Waals surface area contributed by atoms with Crippen LogP contribution in [0.25, 0.3) is 0 Å². The maximum Gasteiger partial charge on any atom is 0.244 e. The predicted molar refractivity (Wildman–Crippen MR) is 68.7 cm³/mol. The van der Waals surface area contributed by atoms with Gasteiger partial charge in [-0.1, -0.05) is 6.92 Å². The topological polar surface area (TPSA) is 86.9 Å². The Morgan fingerprint density at radius 1 is 1.44 bits per heavy atom. The maximum absolute atomic E-state index is 12.4. The minimum Gasteiger partial charge on any atom is -0.311 e. The van der Waals surface area contributed by atoms with Crippen LogP contribution in [-0.2, 0) is 16.6 Å². The van der Waals surface area contributed by atoms with Crippen molar-refractivity contribution in [2.24, 2.45) is 0 Å². The first-order valence-corrected chi connectivity index (χ1v) is 7.65. The van der Waals surface area contributed by atoms with E-state index in [1.54, 1.807) is 6.92 Å². The zero-order valence-electron chi connectivity index (χ0n) is 11.0. The summed E-state index contributed by atoms with van der Waals surface area (Å²) in [4.78, 5) is 0.288. The standard InChI is InChI=1S/C11H20N4O2S/c1-4-12-7-9-10(8(2)13-14-9)18(16,17)15-11(3)5-6-11/h12,15H,4-7H2,1-3H3,(H,13,14). The fourth-order valence-corrected chi connectivity index (χ4v) is 3.69. The Morgan fingerprint density at radius 3 is 2.67 bits per heavy atom. The third-order valence-corrected chi connectivity index (χ3v) is 4.99. The van der Waals surface area contributed by atoms with Crippen molar-refractivity contribution in [3.63, 3.8) is 0 Å². The minimum absolute atomic E-state index is 0.266. The van der Waals surface area contributed by atoms with Gasteiger partial charge in [0.15, 0.2) is 0 Å². The van der Waals surface area contributed by atoms with Crippen molar-refractivity contribution in [1.29, 1.82) is 0 Å². The van der Waals surface area contributed by atoms with Gasteiger partial charge in [-0.25, -0.2) is 13.1 Å². The highest BCUT2D eigenvalue weighted by molar-refractivity contribution is 7.89. The van der Waals surface area contributed by atoms with Crippen LogP contribution in [0.5, 0.6) is 0 Å². The summed E-state index contributed by atoms with van der Waals surface area (Å²) in [6.07, 6.45) is 1.79. The Morgan fingerprint density at radius 2 is 2.11 bits per heavy atom. The van der Waals surface area contributed by atoms with Gasteiger partial charge in [-0.2, -0.15) is 5.10 Å². The van der Waals surface area contributed by atoms with Crippen LogP contribution in [0.15, 0.2) is 4.90 Å². The van der Waals surface area contributed by atoms with Crippen molar-refractivity contribution in [2.45, 2.75) is 50.6 Å². The first-order chi connectivity index (χ1) is 8.38. The Kier molecular flexibility index (Phi) is 3.48. The van der Waals surface area contributed by atoms with Gasteiger partial charge in [0.2, 0.25) is 10.0 Å². The molecule has 1 heterocycles. The highest BCUT2D eigenvalue weighted by Crippen LogP contribution is 2.36. The van der Waals surface area contributed by atoms with E-state index in [2.05, 4.69) is 20.2 Å². The molecule has 1 aliphatic carbocycles. The van der Waals surface area contributed by atoms with E-state index in [0.717, 1.165) is 19.4 Å². The molecule has 1 aromatic heterocycles. The van der Waals surface area contributed by atoms with Crippen molar-refractivity contribution in [3.05, 3.63) is 11.4 Å². The molecule has 0 aromatic carbocycles. The number of hydrogen-bond donors (Lipinski definition) is 3. The molecule has 1 aliphatic rings. The van der Waals surface area contributed by atoms with E-state index in [9.17, 15) is 8.42 Å². The molecule has 7 heteroatoms. The summed E-state index contributed by atoms with van der Waals surface area (Å²) < 4.78 is 27.5. The third-order valence-electron chi connectivity index (χ3n) is 3.15. The number of hydrogen-bond acceptors (Lipinski definition) is 4. The normalized spacial score (nSPS) is 17.9. The van der Waals surface area contributed by atoms with Gasteiger partial charge in [-0.15, -0.1) is 0 Å². The second-order valence-corrected chi connectivity index (χ2v) is 6.69. The molecular formula is C11H20N4O2S. The van der Waals surface area contributed by atoms with Crippen LogP contribution < -0.4 is 10.0 Å². The highest BCUT2D eigenvalue weighted by atomic mass is 32.2. The predicted octanol–water partition coefficient (Wildman–Crippen LogP) is 0.658. The molecule has 6 nitrogen and oxygen atoms in total. The van der Waals surface area contributed by atoms with Crippen LogP contribution in [0.1, 0.15) is 38.1 Å². The van der Waals surface area contributed by atoms with Crippen molar-refractivity contribution in [1.82, 2.24) is 20.2 Å². The number of aromatic amines is 1. The van der Waals surface area contributed by atoms with E-state index >= 15 is 0 Å². The molecule has 0 unspecified atom stereocenters. The number of aryl methyl sites for hydroxylation is 1. The zero-order chi connectivity index (χ0) is 13.4. The molecule has 18 heavy (non-hydrogen) atoms. The van der Waals surface area contributed by atoms with Crippen LogP contribution >= 0.6 is 0 Å². The van der Waals surface area contributed by atoms with E-state index in [-0.39, 0.29) is 10.4 Å². The van der Waals surface area contributed by atoms with E-state index in [1.165, 1.54) is 0 Å². The monoisotopic (exact) mass is 272 g/mol. The van der Waals surface area contributed by atoms with Crippen molar-refractivity contribution in [2.75, 3.05) is 6.54 Å². The molecule has 0 aliphatic heterocycles. The molecule has 0 radical (unpaired) electrons. The summed E-state index contributed by atoms with van der Waals surface area (Å²) in [6, 6.07) is 0. The van der Waals surface area contributed by atoms with Gasteiger partial charge in [-0.3, -0.25) is 5.10 Å². The zero-order valence-corrected chi connectivity index (χ0v) is 11.8. The quantitative estimate of drug-likeness (QED) is 0.710. The maximum atomic E-state index is 12.4. The summed E-state index contributed by atoms with van der Waals surface area (Å²) >= 11 is 0.